The highest BCUT2D eigenvalue weighted by molar-refractivity contribution is 6.04. The lowest BCUT2D eigenvalue weighted by Crippen LogP contribution is -2.52. The molecule has 0 aliphatic carbocycles. The predicted molar refractivity (Wildman–Crippen MR) is 147 cm³/mol. The van der Waals surface area contributed by atoms with Gasteiger partial charge in [0.2, 0.25) is 11.8 Å². The van der Waals surface area contributed by atoms with Gasteiger partial charge in [0.1, 0.15) is 12.1 Å². The van der Waals surface area contributed by atoms with E-state index in [-0.39, 0.29) is 30.8 Å². The second-order valence-electron chi connectivity index (χ2n) is 11.1. The summed E-state index contributed by atoms with van der Waals surface area (Å²) in [5.41, 5.74) is 1.78. The topological polar surface area (TPSA) is 139 Å². The molecule has 212 valence electrons. The molecule has 4 rings (SSSR count). The average molecular weight is 549 g/mol. The molecule has 11 nitrogen and oxygen atoms in total. The van der Waals surface area contributed by atoms with Crippen LogP contribution in [-0.2, 0) is 24.5 Å². The number of aliphatic hydroxyl groups excluding tert-OH is 1. The van der Waals surface area contributed by atoms with Crippen LogP contribution in [0.2, 0.25) is 0 Å². The number of hydrogen-bond donors (Lipinski definition) is 2. The first-order chi connectivity index (χ1) is 19.1. The second-order valence-corrected chi connectivity index (χ2v) is 11.1. The molecule has 1 aromatic heterocycles. The van der Waals surface area contributed by atoms with Gasteiger partial charge < -0.3 is 20.1 Å². The molecule has 3 amide bonds. The third-order valence-electron chi connectivity index (χ3n) is 7.23. The zero-order chi connectivity index (χ0) is 28.9. The molecule has 3 heterocycles. The molecular weight excluding hydrogens is 512 g/mol. The number of aliphatic hydroxyl groups is 1. The third-order valence-corrected chi connectivity index (χ3v) is 7.23. The van der Waals surface area contributed by atoms with Crippen molar-refractivity contribution in [3.05, 3.63) is 59.9 Å². The molecule has 40 heavy (non-hydrogen) atoms. The Bertz CT molecular complexity index is 1230. The number of anilines is 1. The Hall–Kier alpha value is -4.01. The van der Waals surface area contributed by atoms with Crippen molar-refractivity contribution in [1.82, 2.24) is 20.1 Å². The van der Waals surface area contributed by atoms with E-state index in [4.69, 9.17) is 4.74 Å². The van der Waals surface area contributed by atoms with Gasteiger partial charge in [0, 0.05) is 43.2 Å². The van der Waals surface area contributed by atoms with Gasteiger partial charge in [-0.05, 0) is 29.2 Å². The van der Waals surface area contributed by atoms with Crippen molar-refractivity contribution in [1.29, 1.82) is 5.26 Å². The van der Waals surface area contributed by atoms with Gasteiger partial charge in [-0.15, -0.1) is 0 Å². The Kier molecular flexibility index (Phi) is 9.02. The minimum Gasteiger partial charge on any atom is -0.391 e. The molecule has 1 aromatic carbocycles. The maximum Gasteiger partial charge on any atom is 0.251 e. The lowest BCUT2D eigenvalue weighted by Gasteiger charge is -2.34. The fourth-order valence-electron chi connectivity index (χ4n) is 4.98. The molecule has 2 fully saturated rings. The van der Waals surface area contributed by atoms with E-state index < -0.39 is 30.0 Å². The second kappa shape index (κ2) is 12.4. The molecule has 3 atom stereocenters. The van der Waals surface area contributed by atoms with Gasteiger partial charge in [-0.25, -0.2) is 0 Å². The Morgan fingerprint density at radius 2 is 1.90 bits per heavy atom. The maximum absolute atomic E-state index is 14.2. The molecule has 2 aliphatic rings. The summed E-state index contributed by atoms with van der Waals surface area (Å²) in [6.45, 7) is 7.78. The molecule has 2 N–H and O–H groups in total. The molecule has 2 saturated heterocycles. The molecule has 0 bridgehead atoms. The summed E-state index contributed by atoms with van der Waals surface area (Å²) in [6.07, 6.45) is 4.27. The lowest BCUT2D eigenvalue weighted by molar-refractivity contribution is -0.136. The number of β-amino-alcohol motifs (C(OH)–C–C–N with tert-alkyl or cyclic N) is 1. The zero-order valence-corrected chi connectivity index (χ0v) is 23.1. The first-order valence-electron chi connectivity index (χ1n) is 13.4. The highest BCUT2D eigenvalue weighted by Crippen LogP contribution is 2.33. The van der Waals surface area contributed by atoms with Crippen LogP contribution in [0.3, 0.4) is 0 Å². The number of ether oxygens (including phenoxy) is 1. The smallest absolute Gasteiger partial charge is 0.251 e. The van der Waals surface area contributed by atoms with Crippen molar-refractivity contribution in [3.8, 4) is 6.19 Å². The van der Waals surface area contributed by atoms with Crippen molar-refractivity contribution < 1.29 is 24.2 Å². The highest BCUT2D eigenvalue weighted by atomic mass is 16.5. The Labute approximate surface area is 234 Å². The number of rotatable bonds is 7. The van der Waals surface area contributed by atoms with Gasteiger partial charge >= 0.3 is 0 Å². The van der Waals surface area contributed by atoms with Crippen LogP contribution in [0.4, 0.5) is 5.69 Å². The van der Waals surface area contributed by atoms with E-state index in [2.05, 4.69) is 31.1 Å². The number of nitriles is 1. The standard InChI is InChI=1S/C29H36N6O5/c1-29(2,3)21-6-8-22(9-7-21)35(28(39)24-15-23(36)18-34(24)19-30)26(20-5-4-10-31-16-20)27(38)32-17-25(37)33-11-13-40-14-12-33/h4-10,16,23-24,26,36H,11-15,17-18H2,1-3H3,(H,32,38)/t23-,24-,26?/m1/s1. The average Bonchev–Trinajstić information content (AvgIpc) is 3.35. The SMILES string of the molecule is CC(C)(C)c1ccc(N(C(=O)[C@H]2C[C@@H](O)CN2C#N)C(C(=O)NCC(=O)N2CCOCC2)c2cccnc2)cc1. The van der Waals surface area contributed by atoms with Gasteiger partial charge in [0.25, 0.3) is 5.91 Å². The van der Waals surface area contributed by atoms with Crippen LogP contribution in [0.1, 0.15) is 44.4 Å². The van der Waals surface area contributed by atoms with E-state index in [0.717, 1.165) is 5.56 Å². The van der Waals surface area contributed by atoms with Gasteiger partial charge in [-0.3, -0.25) is 29.2 Å². The molecule has 11 heteroatoms. The number of carbonyl (C=O) groups excluding carboxylic acids is 3. The van der Waals surface area contributed by atoms with E-state index in [1.54, 1.807) is 35.4 Å². The van der Waals surface area contributed by atoms with Crippen molar-refractivity contribution in [2.75, 3.05) is 44.3 Å². The number of benzene rings is 1. The quantitative estimate of drug-likeness (QED) is 0.495. The Balaban J connectivity index is 1.72. The molecule has 2 aromatic rings. The normalized spacial score (nSPS) is 20.0. The predicted octanol–water partition coefficient (Wildman–Crippen LogP) is 1.34. The van der Waals surface area contributed by atoms with Crippen molar-refractivity contribution in [2.45, 2.75) is 50.8 Å². The number of amides is 3. The first kappa shape index (κ1) is 29.0. The summed E-state index contributed by atoms with van der Waals surface area (Å²) < 4.78 is 5.30. The Morgan fingerprint density at radius 3 is 2.50 bits per heavy atom. The van der Waals surface area contributed by atoms with E-state index in [0.29, 0.717) is 37.6 Å². The minimum absolute atomic E-state index is 0.0293. The van der Waals surface area contributed by atoms with Gasteiger partial charge in [-0.1, -0.05) is 39.0 Å². The third kappa shape index (κ3) is 6.58. The summed E-state index contributed by atoms with van der Waals surface area (Å²) in [5.74, 6) is -1.32. The van der Waals surface area contributed by atoms with Crippen molar-refractivity contribution >= 4 is 23.4 Å². The van der Waals surface area contributed by atoms with Crippen molar-refractivity contribution in [3.63, 3.8) is 0 Å². The van der Waals surface area contributed by atoms with Crippen LogP contribution < -0.4 is 10.2 Å². The number of hydrogen-bond acceptors (Lipinski definition) is 8. The lowest BCUT2D eigenvalue weighted by atomic mass is 9.87. The van der Waals surface area contributed by atoms with E-state index in [9.17, 15) is 24.8 Å². The number of likely N-dealkylation sites (tertiary alicyclic amines) is 1. The highest BCUT2D eigenvalue weighted by Gasteiger charge is 2.43. The van der Waals surface area contributed by atoms with Gasteiger partial charge in [-0.2, -0.15) is 5.26 Å². The monoisotopic (exact) mass is 548 g/mol. The largest absolute Gasteiger partial charge is 0.391 e. The molecule has 0 radical (unpaired) electrons. The van der Waals surface area contributed by atoms with Crippen molar-refractivity contribution in [2.24, 2.45) is 0 Å². The van der Waals surface area contributed by atoms with Crippen LogP contribution in [0, 0.1) is 11.5 Å². The number of nitrogens with zero attached hydrogens (tertiary/aromatic N) is 5. The van der Waals surface area contributed by atoms with Crippen LogP contribution >= 0.6 is 0 Å². The zero-order valence-electron chi connectivity index (χ0n) is 23.1. The van der Waals surface area contributed by atoms with Crippen LogP contribution in [-0.4, -0.2) is 89.2 Å². The summed E-state index contributed by atoms with van der Waals surface area (Å²) in [4.78, 5) is 49.2. The molecule has 0 saturated carbocycles. The number of aromatic nitrogens is 1. The summed E-state index contributed by atoms with van der Waals surface area (Å²) in [6, 6.07) is 8.58. The van der Waals surface area contributed by atoms with Crippen LogP contribution in [0.25, 0.3) is 0 Å². The summed E-state index contributed by atoms with van der Waals surface area (Å²) >= 11 is 0. The van der Waals surface area contributed by atoms with E-state index in [1.165, 1.54) is 16.0 Å². The summed E-state index contributed by atoms with van der Waals surface area (Å²) in [5, 5.41) is 22.7. The fraction of sp³-hybridized carbons (Fsp3) is 0.483. The number of nitrogens with one attached hydrogen (secondary N) is 1. The number of carbonyl (C=O) groups is 3. The van der Waals surface area contributed by atoms with E-state index >= 15 is 0 Å². The number of morpholine rings is 1. The van der Waals surface area contributed by atoms with Gasteiger partial charge in [0.15, 0.2) is 6.19 Å². The summed E-state index contributed by atoms with van der Waals surface area (Å²) in [7, 11) is 0. The Morgan fingerprint density at radius 1 is 1.20 bits per heavy atom. The molecule has 2 aliphatic heterocycles. The molecular formula is C29H36N6O5. The van der Waals surface area contributed by atoms with Gasteiger partial charge in [0.05, 0.1) is 32.4 Å². The number of pyridine rings is 1. The molecule has 0 spiro atoms. The van der Waals surface area contributed by atoms with Crippen LogP contribution in [0.5, 0.6) is 0 Å². The molecule has 1 unspecified atom stereocenters. The van der Waals surface area contributed by atoms with Crippen LogP contribution in [0.15, 0.2) is 48.8 Å². The first-order valence-corrected chi connectivity index (χ1v) is 13.4. The fourth-order valence-corrected chi connectivity index (χ4v) is 4.98. The maximum atomic E-state index is 14.2. The van der Waals surface area contributed by atoms with E-state index in [1.807, 2.05) is 18.3 Å². The minimum atomic E-state index is -1.18.